The van der Waals surface area contributed by atoms with E-state index in [2.05, 4.69) is 4.99 Å². The van der Waals surface area contributed by atoms with Crippen LogP contribution in [0.25, 0.3) is 6.08 Å². The lowest BCUT2D eigenvalue weighted by Gasteiger charge is -2.25. The zero-order valence-corrected chi connectivity index (χ0v) is 21.0. The summed E-state index contributed by atoms with van der Waals surface area (Å²) in [5, 5.41) is 0.562. The number of allylic oxidation sites excluding steroid dienone is 1. The van der Waals surface area contributed by atoms with E-state index < -0.39 is 12.0 Å². The molecule has 1 aromatic heterocycles. The van der Waals surface area contributed by atoms with Gasteiger partial charge in [0.25, 0.3) is 5.56 Å². The molecule has 0 saturated heterocycles. The fourth-order valence-electron chi connectivity index (χ4n) is 4.12. The van der Waals surface area contributed by atoms with Gasteiger partial charge in [-0.25, -0.2) is 9.79 Å². The number of rotatable bonds is 4. The molecule has 3 heterocycles. The van der Waals surface area contributed by atoms with Crippen LogP contribution >= 0.6 is 22.9 Å². The third kappa shape index (κ3) is 4.51. The van der Waals surface area contributed by atoms with Crippen molar-refractivity contribution in [3.05, 3.63) is 89.6 Å². The molecule has 0 saturated carbocycles. The zero-order chi connectivity index (χ0) is 24.7. The molecule has 180 valence electrons. The Bertz CT molecular complexity index is 1520. The van der Waals surface area contributed by atoms with Crippen molar-refractivity contribution in [3.8, 4) is 11.5 Å². The Morgan fingerprint density at radius 3 is 2.60 bits per heavy atom. The molecular weight excluding hydrogens is 488 g/mol. The van der Waals surface area contributed by atoms with Crippen molar-refractivity contribution < 1.29 is 19.0 Å². The summed E-state index contributed by atoms with van der Waals surface area (Å²) in [5.41, 5.74) is 2.15. The lowest BCUT2D eigenvalue weighted by atomic mass is 9.96. The summed E-state index contributed by atoms with van der Waals surface area (Å²) < 4.78 is 18.8. The molecule has 2 aliphatic rings. The Morgan fingerprint density at radius 2 is 1.89 bits per heavy atom. The molecule has 0 aliphatic carbocycles. The third-order valence-electron chi connectivity index (χ3n) is 5.63. The number of hydrogen-bond donors (Lipinski definition) is 0. The standard InChI is InChI=1S/C26H23ClN2O5S/c1-14(2)34-25(31)22-15(3)28-26-29(23(22)17-5-7-18(27)8-6-17)24(30)21(35-26)13-16-4-9-19-20(12-16)33-11-10-32-19/h4-9,12-14,23H,10-11H2,1-3H3/b21-13-. The van der Waals surface area contributed by atoms with E-state index in [1.54, 1.807) is 43.5 Å². The number of esters is 1. The smallest absolute Gasteiger partial charge is 0.338 e. The maximum absolute atomic E-state index is 13.7. The first-order valence-electron chi connectivity index (χ1n) is 11.2. The summed E-state index contributed by atoms with van der Waals surface area (Å²) in [4.78, 5) is 31.9. The van der Waals surface area contributed by atoms with E-state index in [9.17, 15) is 9.59 Å². The molecular formula is C26H23ClN2O5S. The quantitative estimate of drug-likeness (QED) is 0.501. The van der Waals surface area contributed by atoms with E-state index in [-0.39, 0.29) is 11.7 Å². The van der Waals surface area contributed by atoms with E-state index in [4.69, 9.17) is 25.8 Å². The van der Waals surface area contributed by atoms with Crippen LogP contribution in [0.1, 0.15) is 37.9 Å². The second kappa shape index (κ2) is 9.36. The number of nitrogens with zero attached hydrogens (tertiary/aromatic N) is 2. The summed E-state index contributed by atoms with van der Waals surface area (Å²) in [5.74, 6) is 0.829. The van der Waals surface area contributed by atoms with Crippen LogP contribution in [0.2, 0.25) is 5.02 Å². The molecule has 2 aliphatic heterocycles. The molecule has 35 heavy (non-hydrogen) atoms. The van der Waals surface area contributed by atoms with E-state index in [1.807, 2.05) is 30.3 Å². The molecule has 3 aromatic rings. The van der Waals surface area contributed by atoms with Crippen LogP contribution < -0.4 is 24.4 Å². The minimum absolute atomic E-state index is 0.245. The molecule has 0 radical (unpaired) electrons. The minimum atomic E-state index is -0.683. The third-order valence-corrected chi connectivity index (χ3v) is 6.87. The molecule has 7 nitrogen and oxygen atoms in total. The highest BCUT2D eigenvalue weighted by Gasteiger charge is 2.33. The number of hydrogen-bond acceptors (Lipinski definition) is 7. The number of fused-ring (bicyclic) bond motifs is 2. The summed E-state index contributed by atoms with van der Waals surface area (Å²) in [6.45, 7) is 6.32. The van der Waals surface area contributed by atoms with Crippen molar-refractivity contribution in [2.24, 2.45) is 4.99 Å². The van der Waals surface area contributed by atoms with Crippen molar-refractivity contribution in [2.75, 3.05) is 13.2 Å². The average molecular weight is 511 g/mol. The van der Waals surface area contributed by atoms with E-state index >= 15 is 0 Å². The first-order valence-corrected chi connectivity index (χ1v) is 12.4. The zero-order valence-electron chi connectivity index (χ0n) is 19.4. The van der Waals surface area contributed by atoms with Gasteiger partial charge in [-0.05, 0) is 62.2 Å². The largest absolute Gasteiger partial charge is 0.486 e. The maximum Gasteiger partial charge on any atom is 0.338 e. The second-order valence-electron chi connectivity index (χ2n) is 8.49. The summed E-state index contributed by atoms with van der Waals surface area (Å²) in [6.07, 6.45) is 1.49. The Hall–Kier alpha value is -3.36. The normalized spacial score (nSPS) is 17.3. The highest BCUT2D eigenvalue weighted by molar-refractivity contribution is 7.07. The van der Waals surface area contributed by atoms with Gasteiger partial charge in [0.05, 0.1) is 27.9 Å². The monoisotopic (exact) mass is 510 g/mol. The van der Waals surface area contributed by atoms with Crippen molar-refractivity contribution in [1.29, 1.82) is 0 Å². The van der Waals surface area contributed by atoms with Gasteiger partial charge >= 0.3 is 5.97 Å². The molecule has 0 spiro atoms. The number of aromatic nitrogens is 1. The van der Waals surface area contributed by atoms with Gasteiger partial charge < -0.3 is 14.2 Å². The van der Waals surface area contributed by atoms with Crippen LogP contribution in [0.3, 0.4) is 0 Å². The fraction of sp³-hybridized carbons (Fsp3) is 0.269. The molecule has 9 heteroatoms. The van der Waals surface area contributed by atoms with Crippen LogP contribution in [-0.2, 0) is 9.53 Å². The molecule has 0 bridgehead atoms. The highest BCUT2D eigenvalue weighted by atomic mass is 35.5. The van der Waals surface area contributed by atoms with Gasteiger partial charge in [0.15, 0.2) is 16.3 Å². The minimum Gasteiger partial charge on any atom is -0.486 e. The van der Waals surface area contributed by atoms with Crippen molar-refractivity contribution in [2.45, 2.75) is 32.9 Å². The summed E-state index contributed by atoms with van der Waals surface area (Å²) in [7, 11) is 0. The number of halogens is 1. The Labute approximate surface area is 210 Å². The molecule has 1 atom stereocenters. The van der Waals surface area contributed by atoms with Gasteiger partial charge in [0, 0.05) is 5.02 Å². The van der Waals surface area contributed by atoms with Gasteiger partial charge in [-0.15, -0.1) is 0 Å². The van der Waals surface area contributed by atoms with Gasteiger partial charge in [-0.2, -0.15) is 0 Å². The number of ether oxygens (including phenoxy) is 3. The predicted molar refractivity (Wildman–Crippen MR) is 134 cm³/mol. The number of benzene rings is 2. The van der Waals surface area contributed by atoms with Gasteiger partial charge in [-0.3, -0.25) is 9.36 Å². The Kier molecular flexibility index (Phi) is 6.25. The molecule has 1 unspecified atom stereocenters. The van der Waals surface area contributed by atoms with E-state index in [0.29, 0.717) is 50.3 Å². The van der Waals surface area contributed by atoms with Crippen LogP contribution in [0.15, 0.2) is 63.5 Å². The second-order valence-corrected chi connectivity index (χ2v) is 9.94. The number of carbonyl (C=O) groups excluding carboxylic acids is 1. The molecule has 0 amide bonds. The average Bonchev–Trinajstić information content (AvgIpc) is 3.12. The highest BCUT2D eigenvalue weighted by Crippen LogP contribution is 2.32. The summed E-state index contributed by atoms with van der Waals surface area (Å²) in [6, 6.07) is 12.0. The van der Waals surface area contributed by atoms with Crippen LogP contribution in [0.4, 0.5) is 0 Å². The Morgan fingerprint density at radius 1 is 1.17 bits per heavy atom. The first kappa shape index (κ1) is 23.4. The summed E-state index contributed by atoms with van der Waals surface area (Å²) >= 11 is 7.38. The number of thiazole rings is 1. The molecule has 0 N–H and O–H groups in total. The maximum atomic E-state index is 13.7. The SMILES string of the molecule is CC1=C(C(=O)OC(C)C)C(c2ccc(Cl)cc2)n2c(s/c(=C\c3ccc4c(c3)OCCO4)c2=O)=N1. The predicted octanol–water partition coefficient (Wildman–Crippen LogP) is 3.61. The fourth-order valence-corrected chi connectivity index (χ4v) is 5.29. The Balaban J connectivity index is 1.67. The molecule has 0 fully saturated rings. The first-order chi connectivity index (χ1) is 16.8. The number of carbonyl (C=O) groups is 1. The van der Waals surface area contributed by atoms with E-state index in [1.165, 1.54) is 11.3 Å². The lowest BCUT2D eigenvalue weighted by molar-refractivity contribution is -0.143. The lowest BCUT2D eigenvalue weighted by Crippen LogP contribution is -2.40. The van der Waals surface area contributed by atoms with Gasteiger partial charge in [-0.1, -0.05) is 41.1 Å². The van der Waals surface area contributed by atoms with Gasteiger partial charge in [0.2, 0.25) is 0 Å². The van der Waals surface area contributed by atoms with Crippen molar-refractivity contribution in [1.82, 2.24) is 4.57 Å². The van der Waals surface area contributed by atoms with Crippen molar-refractivity contribution >= 4 is 35.0 Å². The van der Waals surface area contributed by atoms with Crippen LogP contribution in [-0.4, -0.2) is 29.9 Å². The van der Waals surface area contributed by atoms with Crippen LogP contribution in [0.5, 0.6) is 11.5 Å². The topological polar surface area (TPSA) is 79.1 Å². The molecule has 5 rings (SSSR count). The van der Waals surface area contributed by atoms with Crippen LogP contribution in [0, 0.1) is 0 Å². The van der Waals surface area contributed by atoms with E-state index in [0.717, 1.165) is 11.1 Å². The van der Waals surface area contributed by atoms with Crippen molar-refractivity contribution in [3.63, 3.8) is 0 Å². The van der Waals surface area contributed by atoms with Gasteiger partial charge in [0.1, 0.15) is 13.2 Å². The molecule has 2 aromatic carbocycles.